The Bertz CT molecular complexity index is 936. The lowest BCUT2D eigenvalue weighted by molar-refractivity contribution is 0.251. The fraction of sp³-hybridized carbons (Fsp3) is 0.235. The molecule has 27 heavy (non-hydrogen) atoms. The van der Waals surface area contributed by atoms with Crippen molar-refractivity contribution in [3.63, 3.8) is 0 Å². The van der Waals surface area contributed by atoms with E-state index in [1.807, 2.05) is 0 Å². The van der Waals surface area contributed by atoms with E-state index < -0.39 is 16.1 Å². The predicted octanol–water partition coefficient (Wildman–Crippen LogP) is 4.09. The number of amides is 2. The van der Waals surface area contributed by atoms with Crippen molar-refractivity contribution in [3.8, 4) is 5.75 Å². The van der Waals surface area contributed by atoms with E-state index in [0.29, 0.717) is 21.4 Å². The first kappa shape index (κ1) is 21.1. The van der Waals surface area contributed by atoms with E-state index in [0.717, 1.165) is 5.56 Å². The van der Waals surface area contributed by atoms with Gasteiger partial charge >= 0.3 is 6.03 Å². The first-order chi connectivity index (χ1) is 12.7. The van der Waals surface area contributed by atoms with Crippen LogP contribution in [-0.2, 0) is 16.6 Å². The summed E-state index contributed by atoms with van der Waals surface area (Å²) in [6.45, 7) is 1.75. The van der Waals surface area contributed by atoms with Gasteiger partial charge in [0.25, 0.3) is 0 Å². The van der Waals surface area contributed by atoms with Gasteiger partial charge in [-0.3, -0.25) is 4.72 Å². The summed E-state index contributed by atoms with van der Waals surface area (Å²) < 4.78 is 31.0. The minimum atomic E-state index is -3.44. The highest BCUT2D eigenvalue weighted by Gasteiger charge is 2.13. The van der Waals surface area contributed by atoms with E-state index in [9.17, 15) is 13.2 Å². The maximum Gasteiger partial charge on any atom is 0.319 e. The molecule has 0 radical (unpaired) electrons. The second-order valence-electron chi connectivity index (χ2n) is 5.46. The summed E-state index contributed by atoms with van der Waals surface area (Å²) in [7, 11) is -2.03. The number of carbonyl (C=O) groups excluding carboxylic acids is 1. The van der Waals surface area contributed by atoms with Gasteiger partial charge < -0.3 is 15.4 Å². The molecule has 146 valence electrons. The maximum atomic E-state index is 12.1. The monoisotopic (exact) mass is 431 g/mol. The van der Waals surface area contributed by atoms with Crippen LogP contribution >= 0.6 is 23.2 Å². The topological polar surface area (TPSA) is 96.5 Å². The maximum absolute atomic E-state index is 12.1. The number of halogens is 2. The fourth-order valence-electron chi connectivity index (χ4n) is 2.11. The number of hydrogen-bond donors (Lipinski definition) is 3. The van der Waals surface area contributed by atoms with Crippen LogP contribution in [0.5, 0.6) is 5.75 Å². The highest BCUT2D eigenvalue weighted by Crippen LogP contribution is 2.29. The van der Waals surface area contributed by atoms with Crippen LogP contribution in [0, 0.1) is 0 Å². The van der Waals surface area contributed by atoms with Gasteiger partial charge in [0.15, 0.2) is 0 Å². The summed E-state index contributed by atoms with van der Waals surface area (Å²) in [5.74, 6) is 0.219. The van der Waals surface area contributed by atoms with Crippen molar-refractivity contribution in [3.05, 3.63) is 52.0 Å². The van der Waals surface area contributed by atoms with Gasteiger partial charge in [-0.2, -0.15) is 0 Å². The molecule has 10 heteroatoms. The highest BCUT2D eigenvalue weighted by molar-refractivity contribution is 7.92. The van der Waals surface area contributed by atoms with Crippen LogP contribution in [-0.4, -0.2) is 27.3 Å². The molecule has 0 spiro atoms. The van der Waals surface area contributed by atoms with Crippen LogP contribution in [0.3, 0.4) is 0 Å². The summed E-state index contributed by atoms with van der Waals surface area (Å²) in [4.78, 5) is 12.1. The molecule has 0 aromatic heterocycles. The van der Waals surface area contributed by atoms with Crippen LogP contribution in [0.4, 0.5) is 16.2 Å². The Labute approximate surface area is 168 Å². The normalized spacial score (nSPS) is 11.0. The zero-order valence-electron chi connectivity index (χ0n) is 14.7. The molecule has 0 atom stereocenters. The smallest absolute Gasteiger partial charge is 0.319 e. The molecule has 0 heterocycles. The van der Waals surface area contributed by atoms with Gasteiger partial charge in [-0.05, 0) is 36.8 Å². The van der Waals surface area contributed by atoms with Gasteiger partial charge in [-0.15, -0.1) is 0 Å². The molecular formula is C17H19Cl2N3O4S. The van der Waals surface area contributed by atoms with Crippen molar-refractivity contribution in [2.75, 3.05) is 22.9 Å². The minimum absolute atomic E-state index is 0.0637. The molecule has 3 N–H and O–H groups in total. The molecule has 0 saturated heterocycles. The van der Waals surface area contributed by atoms with Crippen LogP contribution in [0.25, 0.3) is 0 Å². The molecule has 0 aliphatic carbocycles. The van der Waals surface area contributed by atoms with Crippen molar-refractivity contribution in [2.24, 2.45) is 0 Å². The average molecular weight is 432 g/mol. The number of urea groups is 1. The second kappa shape index (κ2) is 9.16. The summed E-state index contributed by atoms with van der Waals surface area (Å²) in [5.41, 5.74) is 1.45. The quantitative estimate of drug-likeness (QED) is 0.614. The summed E-state index contributed by atoms with van der Waals surface area (Å²) in [6.07, 6.45) is 0. The molecule has 2 aromatic rings. The van der Waals surface area contributed by atoms with Crippen LogP contribution in [0.2, 0.25) is 10.0 Å². The Morgan fingerprint density at radius 3 is 2.52 bits per heavy atom. The van der Waals surface area contributed by atoms with E-state index in [4.69, 9.17) is 27.9 Å². The lowest BCUT2D eigenvalue weighted by atomic mass is 10.2. The average Bonchev–Trinajstić information content (AvgIpc) is 2.62. The van der Waals surface area contributed by atoms with E-state index in [-0.39, 0.29) is 18.0 Å². The Balaban J connectivity index is 2.02. The zero-order valence-corrected chi connectivity index (χ0v) is 17.0. The van der Waals surface area contributed by atoms with E-state index in [1.165, 1.54) is 26.2 Å². The number of rotatable bonds is 7. The summed E-state index contributed by atoms with van der Waals surface area (Å²) >= 11 is 11.9. The number of anilines is 2. The minimum Gasteiger partial charge on any atom is -0.494 e. The van der Waals surface area contributed by atoms with Gasteiger partial charge in [0, 0.05) is 28.3 Å². The number of ether oxygens (including phenoxy) is 1. The fourth-order valence-corrected chi connectivity index (χ4v) is 3.23. The first-order valence-electron chi connectivity index (χ1n) is 7.91. The van der Waals surface area contributed by atoms with E-state index in [1.54, 1.807) is 24.3 Å². The van der Waals surface area contributed by atoms with Crippen LogP contribution in [0.1, 0.15) is 12.5 Å². The van der Waals surface area contributed by atoms with Crippen molar-refractivity contribution in [2.45, 2.75) is 13.5 Å². The molecule has 0 fully saturated rings. The number of carbonyl (C=O) groups is 1. The predicted molar refractivity (Wildman–Crippen MR) is 108 cm³/mol. The lowest BCUT2D eigenvalue weighted by Crippen LogP contribution is -2.28. The molecular weight excluding hydrogens is 413 g/mol. The lowest BCUT2D eigenvalue weighted by Gasteiger charge is -2.13. The van der Waals surface area contributed by atoms with Gasteiger partial charge in [0.1, 0.15) is 5.75 Å². The molecule has 0 aliphatic heterocycles. The SMILES string of the molecule is CCS(=O)(=O)Nc1ccc(NC(=O)NCc2ccc(Cl)cc2Cl)cc1OC. The third-order valence-corrected chi connectivity index (χ3v) is 5.44. The molecule has 2 amide bonds. The van der Waals surface area contributed by atoms with Gasteiger partial charge in [-0.25, -0.2) is 13.2 Å². The van der Waals surface area contributed by atoms with Crippen molar-refractivity contribution in [1.29, 1.82) is 0 Å². The zero-order chi connectivity index (χ0) is 20.0. The number of benzene rings is 2. The van der Waals surface area contributed by atoms with E-state index in [2.05, 4.69) is 15.4 Å². The molecule has 7 nitrogen and oxygen atoms in total. The Kier molecular flexibility index (Phi) is 7.18. The Hall–Kier alpha value is -2.16. The van der Waals surface area contributed by atoms with Crippen molar-refractivity contribution >= 4 is 50.6 Å². The molecule has 0 saturated carbocycles. The number of sulfonamides is 1. The summed E-state index contributed by atoms with van der Waals surface area (Å²) in [6, 6.07) is 9.14. The molecule has 2 aromatic carbocycles. The Morgan fingerprint density at radius 2 is 1.89 bits per heavy atom. The molecule has 0 unspecified atom stereocenters. The van der Waals surface area contributed by atoms with Crippen molar-refractivity contribution in [1.82, 2.24) is 5.32 Å². The summed E-state index contributed by atoms with van der Waals surface area (Å²) in [5, 5.41) is 6.29. The van der Waals surface area contributed by atoms with Crippen LogP contribution < -0.4 is 20.1 Å². The van der Waals surface area contributed by atoms with Gasteiger partial charge in [0.05, 0.1) is 18.6 Å². The second-order valence-corrected chi connectivity index (χ2v) is 8.32. The molecule has 0 bridgehead atoms. The van der Waals surface area contributed by atoms with Crippen molar-refractivity contribution < 1.29 is 17.9 Å². The third-order valence-electron chi connectivity index (χ3n) is 3.56. The number of nitrogens with one attached hydrogen (secondary N) is 3. The van der Waals surface area contributed by atoms with Gasteiger partial charge in [-0.1, -0.05) is 29.3 Å². The standard InChI is InChI=1S/C17H19Cl2N3O4S/c1-3-27(24,25)22-15-7-6-13(9-16(15)26-2)21-17(23)20-10-11-4-5-12(18)8-14(11)19/h4-9,22H,3,10H2,1-2H3,(H2,20,21,23). The third kappa shape index (κ3) is 6.20. The van der Waals surface area contributed by atoms with Gasteiger partial charge in [0.2, 0.25) is 10.0 Å². The number of methoxy groups -OCH3 is 1. The highest BCUT2D eigenvalue weighted by atomic mass is 35.5. The first-order valence-corrected chi connectivity index (χ1v) is 10.3. The van der Waals surface area contributed by atoms with Crippen LogP contribution in [0.15, 0.2) is 36.4 Å². The Morgan fingerprint density at radius 1 is 1.15 bits per heavy atom. The number of hydrogen-bond acceptors (Lipinski definition) is 4. The largest absolute Gasteiger partial charge is 0.494 e. The molecule has 2 rings (SSSR count). The van der Waals surface area contributed by atoms with E-state index >= 15 is 0 Å². The molecule has 0 aliphatic rings.